The Morgan fingerprint density at radius 2 is 1.82 bits per heavy atom. The molecule has 0 bridgehead atoms. The second-order valence-electron chi connectivity index (χ2n) is 4.59. The van der Waals surface area contributed by atoms with Gasteiger partial charge in [0.05, 0.1) is 6.61 Å². The SMILES string of the molecule is CCCC(OC)OCC(C)CCCCOCC. The zero-order chi connectivity index (χ0) is 12.9. The lowest BCUT2D eigenvalue weighted by molar-refractivity contribution is -0.135. The van der Waals surface area contributed by atoms with Crippen LogP contribution in [0.3, 0.4) is 0 Å². The molecule has 0 saturated carbocycles. The molecule has 0 heterocycles. The Balaban J connectivity index is 3.40. The van der Waals surface area contributed by atoms with Crippen molar-refractivity contribution >= 4 is 0 Å². The first kappa shape index (κ1) is 16.9. The van der Waals surface area contributed by atoms with Gasteiger partial charge in [-0.15, -0.1) is 0 Å². The van der Waals surface area contributed by atoms with Gasteiger partial charge < -0.3 is 14.2 Å². The molecule has 17 heavy (non-hydrogen) atoms. The van der Waals surface area contributed by atoms with E-state index in [2.05, 4.69) is 13.8 Å². The van der Waals surface area contributed by atoms with Gasteiger partial charge in [-0.3, -0.25) is 0 Å². The summed E-state index contributed by atoms with van der Waals surface area (Å²) >= 11 is 0. The Hall–Kier alpha value is -0.120. The predicted octanol–water partition coefficient (Wildman–Crippen LogP) is 3.62. The summed E-state index contributed by atoms with van der Waals surface area (Å²) < 4.78 is 16.3. The van der Waals surface area contributed by atoms with Crippen LogP contribution in [0.25, 0.3) is 0 Å². The summed E-state index contributed by atoms with van der Waals surface area (Å²) in [5, 5.41) is 0. The lowest BCUT2D eigenvalue weighted by Crippen LogP contribution is -2.19. The molecule has 0 aromatic heterocycles. The van der Waals surface area contributed by atoms with E-state index >= 15 is 0 Å². The van der Waals surface area contributed by atoms with Crippen molar-refractivity contribution in [3.8, 4) is 0 Å². The Kier molecular flexibility index (Phi) is 12.3. The van der Waals surface area contributed by atoms with E-state index in [0.29, 0.717) is 5.92 Å². The number of rotatable bonds is 12. The fourth-order valence-electron chi connectivity index (χ4n) is 1.70. The molecule has 104 valence electrons. The molecule has 0 aromatic carbocycles. The average molecular weight is 246 g/mol. The number of hydrogen-bond acceptors (Lipinski definition) is 3. The van der Waals surface area contributed by atoms with Crippen LogP contribution in [0.2, 0.25) is 0 Å². The first-order valence-corrected chi connectivity index (χ1v) is 6.96. The molecule has 0 aliphatic heterocycles. The van der Waals surface area contributed by atoms with Crippen LogP contribution in [-0.2, 0) is 14.2 Å². The first-order chi connectivity index (χ1) is 8.24. The van der Waals surface area contributed by atoms with E-state index in [0.717, 1.165) is 39.1 Å². The summed E-state index contributed by atoms with van der Waals surface area (Å²) in [5.41, 5.74) is 0. The lowest BCUT2D eigenvalue weighted by Gasteiger charge is -2.18. The zero-order valence-electron chi connectivity index (χ0n) is 12.0. The molecule has 3 nitrogen and oxygen atoms in total. The Labute approximate surface area is 107 Å². The molecule has 0 aromatic rings. The second-order valence-corrected chi connectivity index (χ2v) is 4.59. The largest absolute Gasteiger partial charge is 0.382 e. The quantitative estimate of drug-likeness (QED) is 0.389. The van der Waals surface area contributed by atoms with Crippen LogP contribution < -0.4 is 0 Å². The maximum atomic E-state index is 5.72. The molecule has 0 rings (SSSR count). The maximum absolute atomic E-state index is 5.72. The number of unbranched alkanes of at least 4 members (excludes halogenated alkanes) is 1. The van der Waals surface area contributed by atoms with Crippen molar-refractivity contribution in [3.63, 3.8) is 0 Å². The van der Waals surface area contributed by atoms with Gasteiger partial charge in [0.1, 0.15) is 0 Å². The molecule has 3 heteroatoms. The summed E-state index contributed by atoms with van der Waals surface area (Å²) in [5.74, 6) is 0.603. The van der Waals surface area contributed by atoms with Crippen LogP contribution >= 0.6 is 0 Å². The zero-order valence-corrected chi connectivity index (χ0v) is 12.0. The van der Waals surface area contributed by atoms with E-state index in [9.17, 15) is 0 Å². The van der Waals surface area contributed by atoms with Gasteiger partial charge in [0, 0.05) is 20.3 Å². The Morgan fingerprint density at radius 1 is 1.06 bits per heavy atom. The highest BCUT2D eigenvalue weighted by Crippen LogP contribution is 2.11. The van der Waals surface area contributed by atoms with Crippen LogP contribution in [0.1, 0.15) is 52.9 Å². The standard InChI is InChI=1S/C14H30O3/c1-5-9-14(15-4)17-12-13(3)10-7-8-11-16-6-2/h13-14H,5-12H2,1-4H3. The third-order valence-electron chi connectivity index (χ3n) is 2.79. The van der Waals surface area contributed by atoms with Gasteiger partial charge in [0.2, 0.25) is 0 Å². The molecule has 2 unspecified atom stereocenters. The average Bonchev–Trinajstić information content (AvgIpc) is 2.34. The molecular formula is C14H30O3. The van der Waals surface area contributed by atoms with Gasteiger partial charge in [-0.1, -0.05) is 26.7 Å². The normalized spacial score (nSPS) is 14.8. The monoisotopic (exact) mass is 246 g/mol. The molecular weight excluding hydrogens is 216 g/mol. The highest BCUT2D eigenvalue weighted by Gasteiger charge is 2.09. The second kappa shape index (κ2) is 12.3. The van der Waals surface area contributed by atoms with E-state index in [4.69, 9.17) is 14.2 Å². The molecule has 0 aliphatic rings. The highest BCUT2D eigenvalue weighted by atomic mass is 16.7. The number of ether oxygens (including phenoxy) is 3. The number of methoxy groups -OCH3 is 1. The van der Waals surface area contributed by atoms with Crippen molar-refractivity contribution in [2.24, 2.45) is 5.92 Å². The van der Waals surface area contributed by atoms with E-state index in [1.54, 1.807) is 7.11 Å². The van der Waals surface area contributed by atoms with Crippen LogP contribution in [-0.4, -0.2) is 33.2 Å². The van der Waals surface area contributed by atoms with E-state index in [-0.39, 0.29) is 6.29 Å². The smallest absolute Gasteiger partial charge is 0.157 e. The van der Waals surface area contributed by atoms with Gasteiger partial charge in [-0.05, 0) is 32.1 Å². The van der Waals surface area contributed by atoms with E-state index in [1.165, 1.54) is 12.8 Å². The molecule has 0 radical (unpaired) electrons. The highest BCUT2D eigenvalue weighted by molar-refractivity contribution is 4.53. The van der Waals surface area contributed by atoms with Crippen LogP contribution in [0.5, 0.6) is 0 Å². The fourth-order valence-corrected chi connectivity index (χ4v) is 1.70. The molecule has 0 amide bonds. The summed E-state index contributed by atoms with van der Waals surface area (Å²) in [6.45, 7) is 8.93. The third-order valence-corrected chi connectivity index (χ3v) is 2.79. The van der Waals surface area contributed by atoms with Crippen molar-refractivity contribution in [3.05, 3.63) is 0 Å². The molecule has 0 aliphatic carbocycles. The van der Waals surface area contributed by atoms with Crippen molar-refractivity contribution in [1.29, 1.82) is 0 Å². The van der Waals surface area contributed by atoms with Crippen molar-refractivity contribution < 1.29 is 14.2 Å². The van der Waals surface area contributed by atoms with Crippen LogP contribution in [0, 0.1) is 5.92 Å². The maximum Gasteiger partial charge on any atom is 0.157 e. The van der Waals surface area contributed by atoms with Gasteiger partial charge in [-0.25, -0.2) is 0 Å². The van der Waals surface area contributed by atoms with E-state index in [1.807, 2.05) is 6.92 Å². The molecule has 0 spiro atoms. The summed E-state index contributed by atoms with van der Waals surface area (Å²) in [6.07, 6.45) is 5.63. The van der Waals surface area contributed by atoms with Crippen molar-refractivity contribution in [2.45, 2.75) is 59.2 Å². The van der Waals surface area contributed by atoms with Crippen molar-refractivity contribution in [1.82, 2.24) is 0 Å². The van der Waals surface area contributed by atoms with E-state index < -0.39 is 0 Å². The molecule has 0 fully saturated rings. The third kappa shape index (κ3) is 10.7. The van der Waals surface area contributed by atoms with Gasteiger partial charge >= 0.3 is 0 Å². The van der Waals surface area contributed by atoms with Crippen LogP contribution in [0.15, 0.2) is 0 Å². The first-order valence-electron chi connectivity index (χ1n) is 6.96. The minimum absolute atomic E-state index is 0.0223. The fraction of sp³-hybridized carbons (Fsp3) is 1.00. The van der Waals surface area contributed by atoms with Gasteiger partial charge in [0.15, 0.2) is 6.29 Å². The van der Waals surface area contributed by atoms with Gasteiger partial charge in [-0.2, -0.15) is 0 Å². The lowest BCUT2D eigenvalue weighted by atomic mass is 10.1. The summed E-state index contributed by atoms with van der Waals surface area (Å²) in [4.78, 5) is 0. The number of hydrogen-bond donors (Lipinski definition) is 0. The van der Waals surface area contributed by atoms with Gasteiger partial charge in [0.25, 0.3) is 0 Å². The topological polar surface area (TPSA) is 27.7 Å². The summed E-state index contributed by atoms with van der Waals surface area (Å²) in [6, 6.07) is 0. The van der Waals surface area contributed by atoms with Crippen LogP contribution in [0.4, 0.5) is 0 Å². The minimum Gasteiger partial charge on any atom is -0.382 e. The Morgan fingerprint density at radius 3 is 2.41 bits per heavy atom. The van der Waals surface area contributed by atoms with Crippen molar-refractivity contribution in [2.75, 3.05) is 26.9 Å². The predicted molar refractivity (Wildman–Crippen MR) is 71.2 cm³/mol. The minimum atomic E-state index is -0.0223. The molecule has 0 N–H and O–H groups in total. The molecule has 2 atom stereocenters. The Bertz CT molecular complexity index is 150. The summed E-state index contributed by atoms with van der Waals surface area (Å²) in [7, 11) is 1.72. The molecule has 0 saturated heterocycles.